The van der Waals surface area contributed by atoms with E-state index in [1.54, 1.807) is 12.1 Å². The first kappa shape index (κ1) is 11.9. The summed E-state index contributed by atoms with van der Waals surface area (Å²) in [5, 5.41) is -0.128. The van der Waals surface area contributed by atoms with Gasteiger partial charge in [0.1, 0.15) is 11.5 Å². The van der Waals surface area contributed by atoms with Crippen molar-refractivity contribution in [1.29, 1.82) is 0 Å². The minimum absolute atomic E-state index is 0.128. The summed E-state index contributed by atoms with van der Waals surface area (Å²) in [7, 11) is 0. The van der Waals surface area contributed by atoms with Crippen LogP contribution in [0.4, 0.5) is 13.2 Å². The van der Waals surface area contributed by atoms with Gasteiger partial charge in [-0.15, -0.1) is 13.2 Å². The maximum absolute atomic E-state index is 12.0. The molecule has 90 valence electrons. The third-order valence-corrected chi connectivity index (χ3v) is 2.26. The lowest BCUT2D eigenvalue weighted by atomic mass is 10.2. The number of halogens is 4. The summed E-state index contributed by atoms with van der Waals surface area (Å²) >= 11 is 5.69. The van der Waals surface area contributed by atoms with E-state index in [9.17, 15) is 13.2 Å². The molecule has 0 bridgehead atoms. The van der Waals surface area contributed by atoms with Gasteiger partial charge in [0, 0.05) is 5.56 Å². The Kier molecular flexibility index (Phi) is 3.02. The topological polar surface area (TPSA) is 22.4 Å². The highest BCUT2D eigenvalue weighted by Gasteiger charge is 2.32. The van der Waals surface area contributed by atoms with Gasteiger partial charge in [0.15, 0.2) is 0 Å². The quantitative estimate of drug-likeness (QED) is 0.795. The number of hydrogen-bond acceptors (Lipinski definition) is 2. The molecule has 0 N–H and O–H groups in total. The van der Waals surface area contributed by atoms with Gasteiger partial charge in [0.25, 0.3) is 0 Å². The van der Waals surface area contributed by atoms with Crippen LogP contribution in [0, 0.1) is 0 Å². The van der Waals surface area contributed by atoms with Crippen LogP contribution in [0.3, 0.4) is 0 Å². The maximum Gasteiger partial charge on any atom is 0.573 e. The molecule has 0 unspecified atom stereocenters. The lowest BCUT2D eigenvalue weighted by molar-refractivity contribution is -0.274. The zero-order valence-corrected chi connectivity index (χ0v) is 9.05. The predicted octanol–water partition coefficient (Wildman–Crippen LogP) is 4.50. The molecule has 0 radical (unpaired) electrons. The Labute approximate surface area is 99.6 Å². The van der Waals surface area contributed by atoms with Crippen LogP contribution >= 0.6 is 11.6 Å². The molecule has 1 aromatic carbocycles. The van der Waals surface area contributed by atoms with E-state index in [1.807, 2.05) is 0 Å². The number of benzene rings is 1. The first-order chi connectivity index (χ1) is 7.96. The van der Waals surface area contributed by atoms with Crippen LogP contribution in [-0.2, 0) is 0 Å². The standard InChI is InChI=1S/C11H6ClF3O2/c12-8-6-7(9-2-1-5-16-9)3-4-10(8)17-11(13,14)15/h1-6H. The molecule has 0 aliphatic carbocycles. The molecule has 2 aromatic rings. The summed E-state index contributed by atoms with van der Waals surface area (Å²) in [5.41, 5.74) is 0.578. The van der Waals surface area contributed by atoms with Gasteiger partial charge < -0.3 is 9.15 Å². The Morgan fingerprint density at radius 3 is 2.47 bits per heavy atom. The Morgan fingerprint density at radius 2 is 1.94 bits per heavy atom. The van der Waals surface area contributed by atoms with Gasteiger partial charge in [-0.3, -0.25) is 0 Å². The number of furan rings is 1. The molecule has 0 saturated carbocycles. The summed E-state index contributed by atoms with van der Waals surface area (Å²) in [6.07, 6.45) is -3.29. The summed E-state index contributed by atoms with van der Waals surface area (Å²) in [6, 6.07) is 7.28. The number of ether oxygens (including phenoxy) is 1. The van der Waals surface area contributed by atoms with Gasteiger partial charge in [0.2, 0.25) is 0 Å². The second-order valence-electron chi connectivity index (χ2n) is 3.17. The number of rotatable bonds is 2. The van der Waals surface area contributed by atoms with Crippen LogP contribution in [0.1, 0.15) is 0 Å². The molecule has 1 heterocycles. The van der Waals surface area contributed by atoms with Gasteiger partial charge in [0.05, 0.1) is 11.3 Å². The van der Waals surface area contributed by atoms with Crippen LogP contribution in [0.5, 0.6) is 5.75 Å². The Bertz CT molecular complexity index is 506. The fourth-order valence-corrected chi connectivity index (χ4v) is 1.52. The van der Waals surface area contributed by atoms with E-state index in [0.29, 0.717) is 11.3 Å². The van der Waals surface area contributed by atoms with E-state index >= 15 is 0 Å². The minimum atomic E-state index is -4.75. The lowest BCUT2D eigenvalue weighted by Crippen LogP contribution is -2.17. The molecule has 0 fully saturated rings. The largest absolute Gasteiger partial charge is 0.573 e. The molecule has 0 aliphatic rings. The molecule has 0 aliphatic heterocycles. The fourth-order valence-electron chi connectivity index (χ4n) is 1.30. The SMILES string of the molecule is FC(F)(F)Oc1ccc(-c2ccco2)cc1Cl. The van der Waals surface area contributed by atoms with Gasteiger partial charge in [-0.2, -0.15) is 0 Å². The summed E-state index contributed by atoms with van der Waals surface area (Å²) in [4.78, 5) is 0. The molecule has 17 heavy (non-hydrogen) atoms. The van der Waals surface area contributed by atoms with Crippen molar-refractivity contribution in [3.63, 3.8) is 0 Å². The zero-order chi connectivity index (χ0) is 12.5. The van der Waals surface area contributed by atoms with Crippen molar-refractivity contribution in [2.75, 3.05) is 0 Å². The second kappa shape index (κ2) is 4.33. The van der Waals surface area contributed by atoms with Crippen LogP contribution in [0.15, 0.2) is 41.0 Å². The minimum Gasteiger partial charge on any atom is -0.464 e. The molecule has 0 atom stereocenters. The van der Waals surface area contributed by atoms with Crippen LogP contribution in [-0.4, -0.2) is 6.36 Å². The second-order valence-corrected chi connectivity index (χ2v) is 3.58. The van der Waals surface area contributed by atoms with E-state index < -0.39 is 12.1 Å². The third kappa shape index (κ3) is 2.94. The summed E-state index contributed by atoms with van der Waals surface area (Å²) in [5.74, 6) is 0.0833. The van der Waals surface area contributed by atoms with Crippen molar-refractivity contribution in [2.24, 2.45) is 0 Å². The first-order valence-electron chi connectivity index (χ1n) is 4.55. The Balaban J connectivity index is 2.29. The number of hydrogen-bond donors (Lipinski definition) is 0. The average molecular weight is 263 g/mol. The molecular weight excluding hydrogens is 257 g/mol. The van der Waals surface area contributed by atoms with Crippen molar-refractivity contribution >= 4 is 11.6 Å². The van der Waals surface area contributed by atoms with Gasteiger partial charge >= 0.3 is 6.36 Å². The van der Waals surface area contributed by atoms with Crippen molar-refractivity contribution in [1.82, 2.24) is 0 Å². The highest BCUT2D eigenvalue weighted by atomic mass is 35.5. The zero-order valence-electron chi connectivity index (χ0n) is 8.29. The molecule has 6 heteroatoms. The van der Waals surface area contributed by atoms with Crippen LogP contribution in [0.2, 0.25) is 5.02 Å². The van der Waals surface area contributed by atoms with Crippen molar-refractivity contribution in [3.8, 4) is 17.1 Å². The summed E-state index contributed by atoms with van der Waals surface area (Å²) in [6.45, 7) is 0. The number of alkyl halides is 3. The van der Waals surface area contributed by atoms with E-state index in [1.165, 1.54) is 18.4 Å². The van der Waals surface area contributed by atoms with Crippen molar-refractivity contribution < 1.29 is 22.3 Å². The Hall–Kier alpha value is -1.62. The molecule has 2 nitrogen and oxygen atoms in total. The van der Waals surface area contributed by atoms with Crippen molar-refractivity contribution in [2.45, 2.75) is 6.36 Å². The predicted molar refractivity (Wildman–Crippen MR) is 55.8 cm³/mol. The van der Waals surface area contributed by atoms with Crippen molar-refractivity contribution in [3.05, 3.63) is 41.6 Å². The fraction of sp³-hybridized carbons (Fsp3) is 0.0909. The third-order valence-electron chi connectivity index (χ3n) is 1.96. The molecule has 0 spiro atoms. The van der Waals surface area contributed by atoms with Gasteiger partial charge in [-0.25, -0.2) is 0 Å². The molecule has 2 rings (SSSR count). The smallest absolute Gasteiger partial charge is 0.464 e. The molecule has 0 amide bonds. The van der Waals surface area contributed by atoms with E-state index in [4.69, 9.17) is 16.0 Å². The highest BCUT2D eigenvalue weighted by Crippen LogP contribution is 2.33. The van der Waals surface area contributed by atoms with Crippen LogP contribution in [0.25, 0.3) is 11.3 Å². The van der Waals surface area contributed by atoms with E-state index in [2.05, 4.69) is 4.74 Å². The van der Waals surface area contributed by atoms with E-state index in [-0.39, 0.29) is 5.02 Å². The Morgan fingerprint density at radius 1 is 1.18 bits per heavy atom. The molecular formula is C11H6ClF3O2. The van der Waals surface area contributed by atoms with Gasteiger partial charge in [-0.05, 0) is 30.3 Å². The van der Waals surface area contributed by atoms with Gasteiger partial charge in [-0.1, -0.05) is 11.6 Å². The van der Waals surface area contributed by atoms with E-state index in [0.717, 1.165) is 6.07 Å². The molecule has 0 saturated heterocycles. The normalized spacial score (nSPS) is 11.5. The first-order valence-corrected chi connectivity index (χ1v) is 4.93. The average Bonchev–Trinajstić information content (AvgIpc) is 2.72. The van der Waals surface area contributed by atoms with Crippen LogP contribution < -0.4 is 4.74 Å². The maximum atomic E-state index is 12.0. The highest BCUT2D eigenvalue weighted by molar-refractivity contribution is 6.32. The lowest BCUT2D eigenvalue weighted by Gasteiger charge is -2.10. The summed E-state index contributed by atoms with van der Waals surface area (Å²) < 4.78 is 44.8. The monoisotopic (exact) mass is 262 g/mol. The molecule has 1 aromatic heterocycles.